The topological polar surface area (TPSA) is 81.2 Å². The average molecular weight is 355 g/mol. The first-order chi connectivity index (χ1) is 12.0. The van der Waals surface area contributed by atoms with Gasteiger partial charge in [-0.05, 0) is 32.4 Å². The van der Waals surface area contributed by atoms with Gasteiger partial charge in [0.05, 0.1) is 22.5 Å². The SMILES string of the molecule is Cc1csc(NC(=O)COC(=O)c2c(C)nc3ccccc3c2C)n1. The number of rotatable bonds is 4. The molecular weight excluding hydrogens is 338 g/mol. The van der Waals surface area contributed by atoms with E-state index >= 15 is 0 Å². The zero-order valence-electron chi connectivity index (χ0n) is 14.1. The van der Waals surface area contributed by atoms with Crippen molar-refractivity contribution >= 4 is 39.2 Å². The lowest BCUT2D eigenvalue weighted by Crippen LogP contribution is -2.22. The highest BCUT2D eigenvalue weighted by molar-refractivity contribution is 7.13. The van der Waals surface area contributed by atoms with Gasteiger partial charge in [-0.25, -0.2) is 9.78 Å². The number of aryl methyl sites for hydroxylation is 3. The molecule has 0 atom stereocenters. The third-order valence-electron chi connectivity index (χ3n) is 3.74. The molecule has 6 nitrogen and oxygen atoms in total. The van der Waals surface area contributed by atoms with Gasteiger partial charge in [-0.2, -0.15) is 0 Å². The molecule has 2 aromatic heterocycles. The first kappa shape index (κ1) is 17.0. The van der Waals surface area contributed by atoms with Crippen LogP contribution in [0.15, 0.2) is 29.6 Å². The highest BCUT2D eigenvalue weighted by atomic mass is 32.1. The molecule has 0 aliphatic rings. The van der Waals surface area contributed by atoms with E-state index in [1.54, 1.807) is 6.92 Å². The molecule has 3 rings (SSSR count). The van der Waals surface area contributed by atoms with Gasteiger partial charge in [0.2, 0.25) is 0 Å². The number of fused-ring (bicyclic) bond motifs is 1. The number of hydrogen-bond donors (Lipinski definition) is 1. The fraction of sp³-hybridized carbons (Fsp3) is 0.222. The number of nitrogens with zero attached hydrogens (tertiary/aromatic N) is 2. The van der Waals surface area contributed by atoms with E-state index < -0.39 is 11.9 Å². The molecule has 0 aliphatic carbocycles. The van der Waals surface area contributed by atoms with Crippen LogP contribution in [0.25, 0.3) is 10.9 Å². The molecule has 0 spiro atoms. The third kappa shape index (κ3) is 3.66. The Morgan fingerprint density at radius 1 is 1.16 bits per heavy atom. The van der Waals surface area contributed by atoms with E-state index in [-0.39, 0.29) is 6.61 Å². The lowest BCUT2D eigenvalue weighted by molar-refractivity contribution is -0.119. The Morgan fingerprint density at radius 2 is 1.92 bits per heavy atom. The van der Waals surface area contributed by atoms with E-state index in [2.05, 4.69) is 15.3 Å². The molecule has 3 aromatic rings. The van der Waals surface area contributed by atoms with Crippen LogP contribution in [-0.2, 0) is 9.53 Å². The Morgan fingerprint density at radius 3 is 2.64 bits per heavy atom. The van der Waals surface area contributed by atoms with Gasteiger partial charge in [-0.3, -0.25) is 15.1 Å². The Labute approximate surface area is 148 Å². The Hall–Kier alpha value is -2.80. The van der Waals surface area contributed by atoms with Gasteiger partial charge >= 0.3 is 5.97 Å². The van der Waals surface area contributed by atoms with Crippen LogP contribution in [0.2, 0.25) is 0 Å². The molecular formula is C18H17N3O3S. The van der Waals surface area contributed by atoms with Crippen molar-refractivity contribution < 1.29 is 14.3 Å². The number of amides is 1. The van der Waals surface area contributed by atoms with E-state index in [9.17, 15) is 9.59 Å². The van der Waals surface area contributed by atoms with Crippen molar-refractivity contribution in [3.05, 3.63) is 52.2 Å². The highest BCUT2D eigenvalue weighted by Crippen LogP contribution is 2.23. The number of nitrogens with one attached hydrogen (secondary N) is 1. The quantitative estimate of drug-likeness (QED) is 0.725. The smallest absolute Gasteiger partial charge is 0.340 e. The van der Waals surface area contributed by atoms with E-state index in [1.807, 2.05) is 43.5 Å². The number of benzene rings is 1. The molecule has 1 amide bonds. The first-order valence-electron chi connectivity index (χ1n) is 7.70. The number of pyridine rings is 1. The van der Waals surface area contributed by atoms with Gasteiger partial charge in [-0.1, -0.05) is 18.2 Å². The van der Waals surface area contributed by atoms with Crippen molar-refractivity contribution in [2.45, 2.75) is 20.8 Å². The summed E-state index contributed by atoms with van der Waals surface area (Å²) in [4.78, 5) is 32.9. The van der Waals surface area contributed by atoms with Gasteiger partial charge < -0.3 is 4.74 Å². The maximum atomic E-state index is 12.4. The minimum Gasteiger partial charge on any atom is -0.452 e. The molecule has 0 saturated carbocycles. The van der Waals surface area contributed by atoms with Crippen LogP contribution >= 0.6 is 11.3 Å². The molecule has 0 fully saturated rings. The number of hydrogen-bond acceptors (Lipinski definition) is 6. The molecule has 2 heterocycles. The predicted molar refractivity (Wildman–Crippen MR) is 97.0 cm³/mol. The summed E-state index contributed by atoms with van der Waals surface area (Å²) in [6, 6.07) is 7.60. The maximum Gasteiger partial charge on any atom is 0.340 e. The van der Waals surface area contributed by atoms with Gasteiger partial charge in [0.25, 0.3) is 5.91 Å². The number of carbonyl (C=O) groups is 2. The molecule has 0 unspecified atom stereocenters. The van der Waals surface area contributed by atoms with Crippen LogP contribution in [0.5, 0.6) is 0 Å². The second-order valence-electron chi connectivity index (χ2n) is 5.63. The average Bonchev–Trinajstić information content (AvgIpc) is 2.98. The fourth-order valence-electron chi connectivity index (χ4n) is 2.60. The normalized spacial score (nSPS) is 10.7. The summed E-state index contributed by atoms with van der Waals surface area (Å²) in [7, 11) is 0. The highest BCUT2D eigenvalue weighted by Gasteiger charge is 2.19. The molecule has 128 valence electrons. The van der Waals surface area contributed by atoms with Crippen molar-refractivity contribution in [2.75, 3.05) is 11.9 Å². The van der Waals surface area contributed by atoms with Gasteiger partial charge in [0.15, 0.2) is 11.7 Å². The number of esters is 1. The zero-order chi connectivity index (χ0) is 18.0. The van der Waals surface area contributed by atoms with Crippen molar-refractivity contribution in [3.8, 4) is 0 Å². The van der Waals surface area contributed by atoms with Crippen molar-refractivity contribution in [3.63, 3.8) is 0 Å². The lowest BCUT2D eigenvalue weighted by Gasteiger charge is -2.11. The van der Waals surface area contributed by atoms with E-state index in [0.29, 0.717) is 16.4 Å². The number of aromatic nitrogens is 2. The maximum absolute atomic E-state index is 12.4. The summed E-state index contributed by atoms with van der Waals surface area (Å²) in [5.41, 5.74) is 3.43. The number of anilines is 1. The predicted octanol–water partition coefficient (Wildman–Crippen LogP) is 3.41. The summed E-state index contributed by atoms with van der Waals surface area (Å²) in [6.07, 6.45) is 0. The monoisotopic (exact) mass is 355 g/mol. The molecule has 1 aromatic carbocycles. The Bertz CT molecular complexity index is 965. The first-order valence-corrected chi connectivity index (χ1v) is 8.58. The van der Waals surface area contributed by atoms with Gasteiger partial charge in [-0.15, -0.1) is 11.3 Å². The Balaban J connectivity index is 1.73. The fourth-order valence-corrected chi connectivity index (χ4v) is 3.31. The largest absolute Gasteiger partial charge is 0.452 e. The zero-order valence-corrected chi connectivity index (χ0v) is 14.9. The summed E-state index contributed by atoms with van der Waals surface area (Å²) >= 11 is 1.32. The summed E-state index contributed by atoms with van der Waals surface area (Å²) in [5, 5.41) is 5.81. The number of para-hydroxylation sites is 1. The number of carbonyl (C=O) groups excluding carboxylic acids is 2. The van der Waals surface area contributed by atoms with Gasteiger partial charge in [0.1, 0.15) is 0 Å². The third-order valence-corrected chi connectivity index (χ3v) is 4.61. The van der Waals surface area contributed by atoms with Crippen LogP contribution in [0.3, 0.4) is 0 Å². The van der Waals surface area contributed by atoms with E-state index in [4.69, 9.17) is 4.74 Å². The van der Waals surface area contributed by atoms with Gasteiger partial charge in [0, 0.05) is 10.8 Å². The van der Waals surface area contributed by atoms with E-state index in [0.717, 1.165) is 22.2 Å². The summed E-state index contributed by atoms with van der Waals surface area (Å²) in [6.45, 7) is 5.08. The van der Waals surface area contributed by atoms with Crippen LogP contribution in [0, 0.1) is 20.8 Å². The molecule has 0 radical (unpaired) electrons. The molecule has 1 N–H and O–H groups in total. The lowest BCUT2D eigenvalue weighted by atomic mass is 10.0. The standard InChI is InChI=1S/C18H17N3O3S/c1-10-9-25-18(19-10)21-15(22)8-24-17(23)16-11(2)13-6-4-5-7-14(13)20-12(16)3/h4-7,9H,8H2,1-3H3,(H,19,21,22). The molecule has 7 heteroatoms. The number of ether oxygens (including phenoxy) is 1. The van der Waals surface area contributed by atoms with Crippen LogP contribution in [0.4, 0.5) is 5.13 Å². The molecule has 0 saturated heterocycles. The van der Waals surface area contributed by atoms with E-state index in [1.165, 1.54) is 11.3 Å². The van der Waals surface area contributed by atoms with Crippen LogP contribution < -0.4 is 5.32 Å². The van der Waals surface area contributed by atoms with Crippen molar-refractivity contribution in [1.82, 2.24) is 9.97 Å². The summed E-state index contributed by atoms with van der Waals surface area (Å²) < 4.78 is 5.17. The summed E-state index contributed by atoms with van der Waals surface area (Å²) in [5.74, 6) is -0.981. The van der Waals surface area contributed by atoms with Crippen molar-refractivity contribution in [2.24, 2.45) is 0 Å². The molecule has 0 bridgehead atoms. The van der Waals surface area contributed by atoms with Crippen LogP contribution in [0.1, 0.15) is 27.3 Å². The minimum absolute atomic E-state index is 0.372. The second kappa shape index (κ2) is 6.98. The van der Waals surface area contributed by atoms with Crippen molar-refractivity contribution in [1.29, 1.82) is 0 Å². The number of thiazole rings is 1. The Kier molecular flexibility index (Phi) is 4.76. The molecule has 25 heavy (non-hydrogen) atoms. The minimum atomic E-state index is -0.557. The molecule has 0 aliphatic heterocycles. The van der Waals surface area contributed by atoms with Crippen LogP contribution in [-0.4, -0.2) is 28.5 Å². The second-order valence-corrected chi connectivity index (χ2v) is 6.49.